The van der Waals surface area contributed by atoms with E-state index in [2.05, 4.69) is 193 Å². The molecule has 0 atom stereocenters. The van der Waals surface area contributed by atoms with Gasteiger partial charge in [0.15, 0.2) is 0 Å². The lowest BCUT2D eigenvalue weighted by atomic mass is 9.80. The molecule has 1 aliphatic rings. The molecule has 1 fully saturated rings. The molecule has 0 spiro atoms. The van der Waals surface area contributed by atoms with Crippen LogP contribution in [0.3, 0.4) is 0 Å². The molecule has 0 saturated heterocycles. The fourth-order valence-electron chi connectivity index (χ4n) is 10.3. The van der Waals surface area contributed by atoms with Crippen molar-refractivity contribution in [1.29, 1.82) is 0 Å². The zero-order valence-corrected chi connectivity index (χ0v) is 34.7. The summed E-state index contributed by atoms with van der Waals surface area (Å²) >= 11 is 1.87. The second-order valence-corrected chi connectivity index (χ2v) is 17.6. The van der Waals surface area contributed by atoms with Crippen LogP contribution in [0.5, 0.6) is 0 Å². The van der Waals surface area contributed by atoms with Crippen molar-refractivity contribution < 1.29 is 4.42 Å². The first kappa shape index (κ1) is 36.0. The van der Waals surface area contributed by atoms with Gasteiger partial charge in [-0.3, -0.25) is 0 Å². The average molecular weight is 802 g/mol. The van der Waals surface area contributed by atoms with E-state index < -0.39 is 0 Å². The van der Waals surface area contributed by atoms with Gasteiger partial charge in [0.2, 0.25) is 0 Å². The van der Waals surface area contributed by atoms with E-state index in [1.54, 1.807) is 0 Å². The minimum atomic E-state index is 0.571. The van der Waals surface area contributed by atoms with Crippen LogP contribution >= 0.6 is 11.3 Å². The SMILES string of the molecule is c1cc(-c2cccc3c2oc2ccccc23)cc(N(c2ccccc2-c2cccc3cccc(C4CCCCC4)c23)c2ccccc2-c2cccc3sc4ccccc4c23)c1. The lowest BCUT2D eigenvalue weighted by Gasteiger charge is -2.31. The van der Waals surface area contributed by atoms with Gasteiger partial charge in [0.05, 0.1) is 11.4 Å². The molecule has 11 aromatic rings. The van der Waals surface area contributed by atoms with Gasteiger partial charge in [0, 0.05) is 53.3 Å². The normalized spacial score (nSPS) is 13.5. The van der Waals surface area contributed by atoms with Crippen LogP contribution in [0.2, 0.25) is 0 Å². The molecule has 12 rings (SSSR count). The number of fused-ring (bicyclic) bond motifs is 7. The molecule has 0 N–H and O–H groups in total. The van der Waals surface area contributed by atoms with Gasteiger partial charge in [0.25, 0.3) is 0 Å². The van der Waals surface area contributed by atoms with Gasteiger partial charge in [0.1, 0.15) is 11.2 Å². The minimum Gasteiger partial charge on any atom is -0.455 e. The maximum Gasteiger partial charge on any atom is 0.143 e. The summed E-state index contributed by atoms with van der Waals surface area (Å²) in [5.41, 5.74) is 13.8. The van der Waals surface area contributed by atoms with Gasteiger partial charge < -0.3 is 9.32 Å². The van der Waals surface area contributed by atoms with Crippen molar-refractivity contribution >= 4 is 81.3 Å². The Morgan fingerprint density at radius 1 is 0.443 bits per heavy atom. The molecule has 0 radical (unpaired) electrons. The number of para-hydroxylation sites is 4. The molecule has 0 aliphatic heterocycles. The molecule has 9 aromatic carbocycles. The molecule has 2 heterocycles. The third-order valence-electron chi connectivity index (χ3n) is 13.1. The van der Waals surface area contributed by atoms with Crippen molar-refractivity contribution in [1.82, 2.24) is 0 Å². The smallest absolute Gasteiger partial charge is 0.143 e. The molecule has 0 amide bonds. The highest BCUT2D eigenvalue weighted by Crippen LogP contribution is 2.50. The second-order valence-electron chi connectivity index (χ2n) is 16.6. The number of thiophene rings is 1. The number of anilines is 3. The lowest BCUT2D eigenvalue weighted by molar-refractivity contribution is 0.445. The number of rotatable bonds is 7. The van der Waals surface area contributed by atoms with Crippen molar-refractivity contribution in [2.24, 2.45) is 0 Å². The summed E-state index contributed by atoms with van der Waals surface area (Å²) in [4.78, 5) is 2.52. The first-order chi connectivity index (χ1) is 30.3. The second kappa shape index (κ2) is 15.0. The van der Waals surface area contributed by atoms with E-state index in [0.717, 1.165) is 50.1 Å². The Balaban J connectivity index is 1.12. The summed E-state index contributed by atoms with van der Waals surface area (Å²) in [6, 6.07) is 71.5. The summed E-state index contributed by atoms with van der Waals surface area (Å²) in [6.07, 6.45) is 6.44. The standard InChI is InChI=1S/C58H43NOS/c1-2-17-38(18-3-1)42-27-13-19-39-20-14-29-47(56(39)42)44-23-4-8-32-51(44)59(41-22-12-21-40(37-41)43-28-15-31-49-46-25-6-10-34-53(46)60-58(43)49)52-33-9-5-24-45(52)48-30-16-36-55-57(48)50-26-7-11-35-54(50)61-55/h4-16,19-38H,1-3,17-18H2. The van der Waals surface area contributed by atoms with Gasteiger partial charge >= 0.3 is 0 Å². The zero-order valence-electron chi connectivity index (χ0n) is 33.9. The molecular formula is C58H43NOS. The van der Waals surface area contributed by atoms with Crippen LogP contribution in [-0.4, -0.2) is 0 Å². The van der Waals surface area contributed by atoms with Gasteiger partial charge in [-0.2, -0.15) is 0 Å². The number of hydrogen-bond donors (Lipinski definition) is 0. The first-order valence-corrected chi connectivity index (χ1v) is 22.5. The predicted molar refractivity (Wildman–Crippen MR) is 261 cm³/mol. The Hall–Kier alpha value is -6.94. The zero-order chi connectivity index (χ0) is 40.3. The molecule has 2 nitrogen and oxygen atoms in total. The maximum absolute atomic E-state index is 6.62. The number of furan rings is 1. The van der Waals surface area contributed by atoms with Crippen molar-refractivity contribution in [2.45, 2.75) is 38.0 Å². The van der Waals surface area contributed by atoms with Crippen LogP contribution in [0.4, 0.5) is 17.1 Å². The first-order valence-electron chi connectivity index (χ1n) is 21.7. The summed E-state index contributed by atoms with van der Waals surface area (Å²) in [7, 11) is 0. The van der Waals surface area contributed by atoms with E-state index in [-0.39, 0.29) is 0 Å². The van der Waals surface area contributed by atoms with Gasteiger partial charge in [-0.05, 0) is 94.3 Å². The number of hydrogen-bond acceptors (Lipinski definition) is 3. The van der Waals surface area contributed by atoms with Crippen LogP contribution in [0.25, 0.3) is 86.3 Å². The highest BCUT2D eigenvalue weighted by Gasteiger charge is 2.25. The predicted octanol–water partition coefficient (Wildman–Crippen LogP) is 17.6. The topological polar surface area (TPSA) is 16.4 Å². The lowest BCUT2D eigenvalue weighted by Crippen LogP contribution is -2.13. The van der Waals surface area contributed by atoms with Crippen LogP contribution < -0.4 is 4.90 Å². The molecule has 1 saturated carbocycles. The van der Waals surface area contributed by atoms with E-state index >= 15 is 0 Å². The van der Waals surface area contributed by atoms with Crippen LogP contribution in [-0.2, 0) is 0 Å². The van der Waals surface area contributed by atoms with E-state index in [1.807, 2.05) is 17.4 Å². The monoisotopic (exact) mass is 801 g/mol. The van der Waals surface area contributed by atoms with E-state index in [0.29, 0.717) is 5.92 Å². The Morgan fingerprint density at radius 3 is 1.85 bits per heavy atom. The summed E-state index contributed by atoms with van der Waals surface area (Å²) in [5, 5.41) is 7.56. The highest BCUT2D eigenvalue weighted by atomic mass is 32.1. The molecular weight excluding hydrogens is 759 g/mol. The molecule has 0 bridgehead atoms. The largest absolute Gasteiger partial charge is 0.455 e. The summed E-state index contributed by atoms with van der Waals surface area (Å²) < 4.78 is 9.23. The number of benzene rings is 9. The van der Waals surface area contributed by atoms with Crippen LogP contribution in [0.1, 0.15) is 43.6 Å². The number of nitrogens with zero attached hydrogens (tertiary/aromatic N) is 1. The van der Waals surface area contributed by atoms with E-state index in [9.17, 15) is 0 Å². The fraction of sp³-hybridized carbons (Fsp3) is 0.103. The molecule has 61 heavy (non-hydrogen) atoms. The van der Waals surface area contributed by atoms with Crippen molar-refractivity contribution in [2.75, 3.05) is 4.90 Å². The van der Waals surface area contributed by atoms with Crippen molar-refractivity contribution in [3.05, 3.63) is 200 Å². The molecule has 3 heteroatoms. The Bertz CT molecular complexity index is 3430. The molecule has 1 aliphatic carbocycles. The average Bonchev–Trinajstić information content (AvgIpc) is 3.91. The Morgan fingerprint density at radius 2 is 1.03 bits per heavy atom. The maximum atomic E-state index is 6.62. The third kappa shape index (κ3) is 6.06. The van der Waals surface area contributed by atoms with Gasteiger partial charge in [-0.15, -0.1) is 11.3 Å². The van der Waals surface area contributed by atoms with E-state index in [4.69, 9.17) is 4.42 Å². The van der Waals surface area contributed by atoms with Gasteiger partial charge in [-0.25, -0.2) is 0 Å². The van der Waals surface area contributed by atoms with Gasteiger partial charge in [-0.1, -0.05) is 171 Å². The highest BCUT2D eigenvalue weighted by molar-refractivity contribution is 7.25. The van der Waals surface area contributed by atoms with Crippen LogP contribution in [0, 0.1) is 0 Å². The Kier molecular flexibility index (Phi) is 8.82. The van der Waals surface area contributed by atoms with Crippen molar-refractivity contribution in [3.8, 4) is 33.4 Å². The molecule has 292 valence electrons. The van der Waals surface area contributed by atoms with E-state index in [1.165, 1.54) is 90.9 Å². The Labute approximate surface area is 360 Å². The fourth-order valence-corrected chi connectivity index (χ4v) is 11.5. The third-order valence-corrected chi connectivity index (χ3v) is 14.2. The molecule has 0 unspecified atom stereocenters. The quantitative estimate of drug-likeness (QED) is 0.160. The summed E-state index contributed by atoms with van der Waals surface area (Å²) in [6.45, 7) is 0. The minimum absolute atomic E-state index is 0.571. The summed E-state index contributed by atoms with van der Waals surface area (Å²) in [5.74, 6) is 0.571. The van der Waals surface area contributed by atoms with Crippen LogP contribution in [0.15, 0.2) is 199 Å². The van der Waals surface area contributed by atoms with Crippen molar-refractivity contribution in [3.63, 3.8) is 0 Å². The molecule has 2 aromatic heterocycles.